The number of ether oxygens (including phenoxy) is 4. The Morgan fingerprint density at radius 2 is 0.469 bits per heavy atom. The maximum absolute atomic E-state index is 13.1. The Balaban J connectivity index is 5.18. The standard InChI is InChI=1S/C79H154O17P2/c1-8-9-10-11-12-13-14-15-16-17-21-24-27-30-33-38-46-53-60-76(81)89-66-74(95-78(83)62-55-48-39-34-31-28-25-22-19-18-20-23-26-29-32-36-43-50-57-70(2)3)68-93-97(85,86)91-64-73(80)65-92-98(87,88)94-69-75(67-90-77(82)61-54-47-42-41-45-52-59-72(6)7)96-79(84)63-56-49-40-35-37-44-51-58-71(4)5/h70-75,80H,8-69H2,1-7H3,(H,85,86)(H,87,88)/t73-,74-,75-/m1/s1. The Hall–Kier alpha value is -1.94. The number of aliphatic hydroxyl groups excluding tert-OH is 1. The largest absolute Gasteiger partial charge is 0.472 e. The number of phosphoric acid groups is 2. The number of rotatable bonds is 77. The van der Waals surface area contributed by atoms with Gasteiger partial charge in [0.15, 0.2) is 12.2 Å². The van der Waals surface area contributed by atoms with E-state index in [2.05, 4.69) is 48.5 Å². The van der Waals surface area contributed by atoms with Crippen molar-refractivity contribution in [3.05, 3.63) is 0 Å². The molecule has 0 amide bonds. The van der Waals surface area contributed by atoms with Gasteiger partial charge in [-0.3, -0.25) is 37.3 Å². The van der Waals surface area contributed by atoms with Gasteiger partial charge in [-0.05, 0) is 43.4 Å². The summed E-state index contributed by atoms with van der Waals surface area (Å²) in [7, 11) is -9.91. The second-order valence-electron chi connectivity index (χ2n) is 29.9. The van der Waals surface area contributed by atoms with Gasteiger partial charge in [0.25, 0.3) is 0 Å². The number of hydrogen-bond acceptors (Lipinski definition) is 15. The van der Waals surface area contributed by atoms with E-state index in [-0.39, 0.29) is 25.7 Å². The lowest BCUT2D eigenvalue weighted by Crippen LogP contribution is -2.30. The zero-order valence-electron chi connectivity index (χ0n) is 64.3. The number of unbranched alkanes of at least 4 members (excludes halogenated alkanes) is 45. The van der Waals surface area contributed by atoms with Crippen molar-refractivity contribution >= 4 is 39.5 Å². The number of carbonyl (C=O) groups excluding carboxylic acids is 4. The lowest BCUT2D eigenvalue weighted by atomic mass is 10.0. The van der Waals surface area contributed by atoms with Crippen molar-refractivity contribution in [2.75, 3.05) is 39.6 Å². The summed E-state index contributed by atoms with van der Waals surface area (Å²) in [5.74, 6) is 0.0759. The normalized spacial score (nSPS) is 14.0. The molecule has 3 N–H and O–H groups in total. The van der Waals surface area contributed by atoms with Gasteiger partial charge in [0.05, 0.1) is 26.4 Å². The minimum Gasteiger partial charge on any atom is -0.462 e. The molecular formula is C79H154O17P2. The quantitative estimate of drug-likeness (QED) is 0.0222. The van der Waals surface area contributed by atoms with Gasteiger partial charge >= 0.3 is 39.5 Å². The second kappa shape index (κ2) is 69.4. The molecule has 0 aliphatic carbocycles. The summed E-state index contributed by atoms with van der Waals surface area (Å²) in [6.07, 6.45) is 57.4. The van der Waals surface area contributed by atoms with Crippen molar-refractivity contribution < 1.29 is 80.2 Å². The first-order valence-corrected chi connectivity index (χ1v) is 43.8. The summed E-state index contributed by atoms with van der Waals surface area (Å²) in [6, 6.07) is 0. The Bertz CT molecular complexity index is 1900. The molecular weight excluding hydrogens is 1280 g/mol. The maximum Gasteiger partial charge on any atom is 0.472 e. The Morgan fingerprint density at radius 3 is 0.694 bits per heavy atom. The third-order valence-corrected chi connectivity index (χ3v) is 20.3. The number of aliphatic hydroxyl groups is 1. The first-order chi connectivity index (χ1) is 47.2. The van der Waals surface area contributed by atoms with Gasteiger partial charge in [-0.2, -0.15) is 0 Å². The summed E-state index contributed by atoms with van der Waals surface area (Å²) in [5.41, 5.74) is 0. The third-order valence-electron chi connectivity index (χ3n) is 18.4. The van der Waals surface area contributed by atoms with E-state index < -0.39 is 97.5 Å². The third kappa shape index (κ3) is 72.4. The highest BCUT2D eigenvalue weighted by atomic mass is 31.2. The number of hydrogen-bond donors (Lipinski definition) is 3. The highest BCUT2D eigenvalue weighted by Crippen LogP contribution is 2.45. The summed E-state index contributed by atoms with van der Waals surface area (Å²) < 4.78 is 68.5. The molecule has 0 saturated carbocycles. The Labute approximate surface area is 600 Å². The van der Waals surface area contributed by atoms with Gasteiger partial charge in [-0.1, -0.05) is 357 Å². The lowest BCUT2D eigenvalue weighted by molar-refractivity contribution is -0.161. The molecule has 98 heavy (non-hydrogen) atoms. The van der Waals surface area contributed by atoms with Crippen molar-refractivity contribution in [3.8, 4) is 0 Å². The maximum atomic E-state index is 13.1. The van der Waals surface area contributed by atoms with Gasteiger partial charge in [-0.25, -0.2) is 9.13 Å². The lowest BCUT2D eigenvalue weighted by Gasteiger charge is -2.21. The molecule has 0 saturated heterocycles. The molecule has 0 bridgehead atoms. The molecule has 0 aromatic rings. The fraction of sp³-hybridized carbons (Fsp3) is 0.949. The monoisotopic (exact) mass is 1440 g/mol. The Kier molecular flexibility index (Phi) is 68.1. The van der Waals surface area contributed by atoms with Crippen LogP contribution in [0.5, 0.6) is 0 Å². The number of phosphoric ester groups is 2. The van der Waals surface area contributed by atoms with E-state index in [1.807, 2.05) is 0 Å². The summed E-state index contributed by atoms with van der Waals surface area (Å²) in [6.45, 7) is 11.8. The molecule has 0 aliphatic rings. The molecule has 2 unspecified atom stereocenters. The summed E-state index contributed by atoms with van der Waals surface area (Å²) in [4.78, 5) is 72.8. The highest BCUT2D eigenvalue weighted by Gasteiger charge is 2.30. The van der Waals surface area contributed by atoms with E-state index in [0.29, 0.717) is 37.5 Å². The fourth-order valence-electron chi connectivity index (χ4n) is 12.1. The minimum absolute atomic E-state index is 0.102. The van der Waals surface area contributed by atoms with E-state index in [9.17, 15) is 43.2 Å². The topological polar surface area (TPSA) is 237 Å². The van der Waals surface area contributed by atoms with Crippen molar-refractivity contribution in [2.45, 2.75) is 426 Å². The highest BCUT2D eigenvalue weighted by molar-refractivity contribution is 7.47. The molecule has 19 heteroatoms. The van der Waals surface area contributed by atoms with Crippen LogP contribution in [0.25, 0.3) is 0 Å². The summed E-state index contributed by atoms with van der Waals surface area (Å²) >= 11 is 0. The van der Waals surface area contributed by atoms with Crippen LogP contribution in [0.1, 0.15) is 408 Å². The first-order valence-electron chi connectivity index (χ1n) is 40.8. The molecule has 0 rings (SSSR count). The molecule has 0 radical (unpaired) electrons. The number of carbonyl (C=O) groups is 4. The SMILES string of the molecule is CCCCCCCCCCCCCCCCCCCCC(=O)OC[C@H](COP(=O)(O)OC[C@@H](O)COP(=O)(O)OC[C@@H](COC(=O)CCCCCCCCC(C)C)OC(=O)CCCCCCCCCC(C)C)OC(=O)CCCCCCCCCCCCCCCCCCCCC(C)C. The predicted molar refractivity (Wildman–Crippen MR) is 400 cm³/mol. The first kappa shape index (κ1) is 96.1. The van der Waals surface area contributed by atoms with Crippen LogP contribution in [0.3, 0.4) is 0 Å². The zero-order valence-corrected chi connectivity index (χ0v) is 66.0. The molecule has 17 nitrogen and oxygen atoms in total. The van der Waals surface area contributed by atoms with Crippen LogP contribution >= 0.6 is 15.6 Å². The van der Waals surface area contributed by atoms with Gasteiger partial charge in [0.2, 0.25) is 0 Å². The van der Waals surface area contributed by atoms with E-state index >= 15 is 0 Å². The molecule has 0 heterocycles. The van der Waals surface area contributed by atoms with Crippen molar-refractivity contribution in [1.82, 2.24) is 0 Å². The van der Waals surface area contributed by atoms with Gasteiger partial charge in [-0.15, -0.1) is 0 Å². The van der Waals surface area contributed by atoms with Crippen molar-refractivity contribution in [1.29, 1.82) is 0 Å². The van der Waals surface area contributed by atoms with Gasteiger partial charge in [0.1, 0.15) is 19.3 Å². The van der Waals surface area contributed by atoms with Crippen LogP contribution in [-0.2, 0) is 65.4 Å². The Morgan fingerprint density at radius 1 is 0.276 bits per heavy atom. The smallest absolute Gasteiger partial charge is 0.462 e. The molecule has 582 valence electrons. The van der Waals surface area contributed by atoms with Crippen LogP contribution in [-0.4, -0.2) is 96.7 Å². The zero-order chi connectivity index (χ0) is 72.3. The van der Waals surface area contributed by atoms with Crippen LogP contribution in [0, 0.1) is 17.8 Å². The van der Waals surface area contributed by atoms with Crippen LogP contribution in [0.2, 0.25) is 0 Å². The van der Waals surface area contributed by atoms with Crippen LogP contribution in [0.15, 0.2) is 0 Å². The average molecular weight is 1440 g/mol. The van der Waals surface area contributed by atoms with E-state index in [0.717, 1.165) is 102 Å². The summed E-state index contributed by atoms with van der Waals surface area (Å²) in [5, 5.41) is 10.6. The van der Waals surface area contributed by atoms with Crippen LogP contribution < -0.4 is 0 Å². The molecule has 0 aromatic carbocycles. The molecule has 5 atom stereocenters. The fourth-order valence-corrected chi connectivity index (χ4v) is 13.7. The van der Waals surface area contributed by atoms with Gasteiger partial charge < -0.3 is 33.8 Å². The van der Waals surface area contributed by atoms with Crippen molar-refractivity contribution in [3.63, 3.8) is 0 Å². The molecule has 0 fully saturated rings. The second-order valence-corrected chi connectivity index (χ2v) is 32.8. The minimum atomic E-state index is -4.96. The van der Waals surface area contributed by atoms with Gasteiger partial charge in [0, 0.05) is 25.7 Å². The number of esters is 4. The van der Waals surface area contributed by atoms with Crippen molar-refractivity contribution in [2.24, 2.45) is 17.8 Å². The van der Waals surface area contributed by atoms with E-state index in [1.165, 1.54) is 212 Å². The molecule has 0 aromatic heterocycles. The predicted octanol–water partition coefficient (Wildman–Crippen LogP) is 23.4. The molecule has 0 spiro atoms. The molecule has 0 aliphatic heterocycles. The van der Waals surface area contributed by atoms with Crippen LogP contribution in [0.4, 0.5) is 0 Å². The average Bonchev–Trinajstić information content (AvgIpc) is 0.974. The van der Waals surface area contributed by atoms with E-state index in [1.54, 1.807) is 0 Å². The van der Waals surface area contributed by atoms with E-state index in [4.69, 9.17) is 37.0 Å².